The highest BCUT2D eigenvalue weighted by atomic mass is 32.2. The first-order valence-electron chi connectivity index (χ1n) is 6.45. The lowest BCUT2D eigenvalue weighted by molar-refractivity contribution is 0.600. The van der Waals surface area contributed by atoms with Gasteiger partial charge in [0, 0.05) is 18.6 Å². The molecule has 0 saturated heterocycles. The van der Waals surface area contributed by atoms with Crippen LogP contribution < -0.4 is 5.32 Å². The van der Waals surface area contributed by atoms with Gasteiger partial charge in [-0.25, -0.2) is 8.42 Å². The zero-order valence-electron chi connectivity index (χ0n) is 11.6. The van der Waals surface area contributed by atoms with Gasteiger partial charge in [-0.2, -0.15) is 0 Å². The van der Waals surface area contributed by atoms with Gasteiger partial charge in [0.1, 0.15) is 0 Å². The van der Waals surface area contributed by atoms with Crippen LogP contribution in [0.25, 0.3) is 0 Å². The normalized spacial score (nSPS) is 13.1. The van der Waals surface area contributed by atoms with Gasteiger partial charge in [0.2, 0.25) is 0 Å². The fourth-order valence-electron chi connectivity index (χ4n) is 2.10. The number of pyridine rings is 1. The number of nitrogens with zero attached hydrogens (tertiary/aromatic N) is 1. The largest absolute Gasteiger partial charge is 0.306 e. The number of hydrogen-bond donors (Lipinski definition) is 1. The molecule has 0 bridgehead atoms. The molecular weight excluding hydrogens is 272 g/mol. The predicted octanol–water partition coefficient (Wildman–Crippen LogP) is 2.18. The molecule has 1 aromatic carbocycles. The monoisotopic (exact) mass is 290 g/mol. The van der Waals surface area contributed by atoms with Gasteiger partial charge in [0.15, 0.2) is 9.84 Å². The van der Waals surface area contributed by atoms with E-state index in [2.05, 4.69) is 10.3 Å². The first kappa shape index (κ1) is 14.7. The van der Waals surface area contributed by atoms with Crippen LogP contribution in [-0.2, 0) is 9.84 Å². The third-order valence-electron chi connectivity index (χ3n) is 3.05. The van der Waals surface area contributed by atoms with Crippen molar-refractivity contribution < 1.29 is 8.42 Å². The number of nitrogens with one attached hydrogen (secondary N) is 1. The van der Waals surface area contributed by atoms with Crippen molar-refractivity contribution in [2.24, 2.45) is 0 Å². The molecule has 1 unspecified atom stereocenters. The first-order valence-corrected chi connectivity index (χ1v) is 8.35. The third-order valence-corrected chi connectivity index (χ3v) is 4.16. The Morgan fingerprint density at radius 1 is 1.20 bits per heavy atom. The highest BCUT2D eigenvalue weighted by Crippen LogP contribution is 2.23. The fourth-order valence-corrected chi connectivity index (χ4v) is 2.78. The van der Waals surface area contributed by atoms with Crippen molar-refractivity contribution >= 4 is 9.84 Å². The minimum atomic E-state index is -3.20. The Morgan fingerprint density at radius 3 is 2.55 bits per heavy atom. The van der Waals surface area contributed by atoms with Crippen molar-refractivity contribution in [1.29, 1.82) is 0 Å². The molecule has 1 atom stereocenters. The second kappa shape index (κ2) is 6.15. The van der Waals surface area contributed by atoms with Gasteiger partial charge in [-0.15, -0.1) is 0 Å². The van der Waals surface area contributed by atoms with Crippen LogP contribution in [-0.4, -0.2) is 26.2 Å². The Hall–Kier alpha value is -1.72. The maximum atomic E-state index is 11.7. The zero-order valence-corrected chi connectivity index (χ0v) is 12.4. The Labute approximate surface area is 119 Å². The Morgan fingerprint density at radius 2 is 1.95 bits per heavy atom. The van der Waals surface area contributed by atoms with Crippen LogP contribution in [0.1, 0.15) is 24.1 Å². The first-order chi connectivity index (χ1) is 9.52. The third kappa shape index (κ3) is 3.43. The molecule has 0 aliphatic heterocycles. The Bertz CT molecular complexity index is 669. The average molecular weight is 290 g/mol. The summed E-state index contributed by atoms with van der Waals surface area (Å²) in [6.45, 7) is 2.80. The summed E-state index contributed by atoms with van der Waals surface area (Å²) in [6, 6.07) is 10.8. The second-order valence-electron chi connectivity index (χ2n) is 4.62. The van der Waals surface area contributed by atoms with Gasteiger partial charge in [-0.05, 0) is 35.9 Å². The quantitative estimate of drug-likeness (QED) is 0.917. The zero-order chi connectivity index (χ0) is 14.6. The number of aromatic nitrogens is 1. The number of sulfone groups is 1. The average Bonchev–Trinajstić information content (AvgIpc) is 2.45. The van der Waals surface area contributed by atoms with Gasteiger partial charge in [-0.3, -0.25) is 4.98 Å². The van der Waals surface area contributed by atoms with E-state index in [1.807, 2.05) is 25.1 Å². The van der Waals surface area contributed by atoms with Crippen molar-refractivity contribution in [2.45, 2.75) is 17.9 Å². The predicted molar refractivity (Wildman–Crippen MR) is 79.3 cm³/mol. The van der Waals surface area contributed by atoms with E-state index < -0.39 is 9.84 Å². The second-order valence-corrected chi connectivity index (χ2v) is 6.64. The van der Waals surface area contributed by atoms with Crippen LogP contribution in [0.4, 0.5) is 0 Å². The van der Waals surface area contributed by atoms with Crippen molar-refractivity contribution in [1.82, 2.24) is 10.3 Å². The van der Waals surface area contributed by atoms with Crippen LogP contribution in [0.15, 0.2) is 53.7 Å². The van der Waals surface area contributed by atoms with Crippen molar-refractivity contribution in [3.63, 3.8) is 0 Å². The van der Waals surface area contributed by atoms with E-state index in [1.54, 1.807) is 30.6 Å². The van der Waals surface area contributed by atoms with E-state index in [0.29, 0.717) is 4.90 Å². The van der Waals surface area contributed by atoms with Crippen LogP contribution >= 0.6 is 0 Å². The topological polar surface area (TPSA) is 59.1 Å². The molecule has 0 saturated carbocycles. The molecule has 2 aromatic rings. The van der Waals surface area contributed by atoms with E-state index >= 15 is 0 Å². The maximum absolute atomic E-state index is 11.7. The molecule has 106 valence electrons. The molecule has 0 aliphatic rings. The Balaban J connectivity index is 2.45. The highest BCUT2D eigenvalue weighted by Gasteiger charge is 2.15. The summed E-state index contributed by atoms with van der Waals surface area (Å²) in [5.74, 6) is 0. The Kier molecular flexibility index (Phi) is 4.52. The molecule has 20 heavy (non-hydrogen) atoms. The number of benzene rings is 1. The van der Waals surface area contributed by atoms with Crippen molar-refractivity contribution in [3.05, 3.63) is 59.9 Å². The lowest BCUT2D eigenvalue weighted by Gasteiger charge is -2.19. The van der Waals surface area contributed by atoms with E-state index in [9.17, 15) is 8.42 Å². The van der Waals surface area contributed by atoms with E-state index in [-0.39, 0.29) is 6.04 Å². The van der Waals surface area contributed by atoms with Crippen LogP contribution in [0.5, 0.6) is 0 Å². The molecule has 0 radical (unpaired) electrons. The molecule has 1 aromatic heterocycles. The molecule has 1 heterocycles. The van der Waals surface area contributed by atoms with Crippen molar-refractivity contribution in [3.8, 4) is 0 Å². The lowest BCUT2D eigenvalue weighted by atomic mass is 10.0. The summed E-state index contributed by atoms with van der Waals surface area (Å²) >= 11 is 0. The standard InChI is InChI=1S/C15H18N2O2S/c1-3-17-15(13-7-5-9-16-11-13)12-6-4-8-14(10-12)20(2,18)19/h4-11,15,17H,3H2,1-2H3. The number of rotatable bonds is 5. The summed E-state index contributed by atoms with van der Waals surface area (Å²) in [7, 11) is -3.20. The van der Waals surface area contributed by atoms with Gasteiger partial charge >= 0.3 is 0 Å². The maximum Gasteiger partial charge on any atom is 0.175 e. The summed E-state index contributed by atoms with van der Waals surface area (Å²) in [5, 5.41) is 3.36. The lowest BCUT2D eigenvalue weighted by Crippen LogP contribution is -2.22. The molecule has 0 aliphatic carbocycles. The highest BCUT2D eigenvalue weighted by molar-refractivity contribution is 7.90. The van der Waals surface area contributed by atoms with Crippen LogP contribution in [0.2, 0.25) is 0 Å². The minimum Gasteiger partial charge on any atom is -0.306 e. The molecule has 5 heteroatoms. The number of hydrogen-bond acceptors (Lipinski definition) is 4. The summed E-state index contributed by atoms with van der Waals surface area (Å²) < 4.78 is 23.3. The molecule has 2 rings (SSSR count). The van der Waals surface area contributed by atoms with Gasteiger partial charge in [0.25, 0.3) is 0 Å². The SMILES string of the molecule is CCNC(c1cccnc1)c1cccc(S(C)(=O)=O)c1. The van der Waals surface area contributed by atoms with Gasteiger partial charge < -0.3 is 5.32 Å². The molecule has 0 fully saturated rings. The van der Waals surface area contributed by atoms with Crippen molar-refractivity contribution in [2.75, 3.05) is 12.8 Å². The molecule has 0 spiro atoms. The molecule has 1 N–H and O–H groups in total. The van der Waals surface area contributed by atoms with Gasteiger partial charge in [0.05, 0.1) is 10.9 Å². The van der Waals surface area contributed by atoms with E-state index in [1.165, 1.54) is 6.26 Å². The fraction of sp³-hybridized carbons (Fsp3) is 0.267. The molecule has 4 nitrogen and oxygen atoms in total. The smallest absolute Gasteiger partial charge is 0.175 e. The summed E-state index contributed by atoms with van der Waals surface area (Å²) in [4.78, 5) is 4.46. The van der Waals surface area contributed by atoms with Gasteiger partial charge in [-0.1, -0.05) is 25.1 Å². The minimum absolute atomic E-state index is 0.0598. The van der Waals surface area contributed by atoms with Crippen LogP contribution in [0.3, 0.4) is 0 Å². The summed E-state index contributed by atoms with van der Waals surface area (Å²) in [5.41, 5.74) is 1.93. The molecule has 0 amide bonds. The van der Waals surface area contributed by atoms with E-state index in [0.717, 1.165) is 17.7 Å². The van der Waals surface area contributed by atoms with E-state index in [4.69, 9.17) is 0 Å². The van der Waals surface area contributed by atoms with Crippen LogP contribution in [0, 0.1) is 0 Å². The summed E-state index contributed by atoms with van der Waals surface area (Å²) in [6.07, 6.45) is 4.73. The molecular formula is C15H18N2O2S.